The molecule has 0 N–H and O–H groups in total. The van der Waals surface area contributed by atoms with Crippen molar-refractivity contribution in [1.82, 2.24) is 0 Å². The maximum atomic E-state index is 3.31. The van der Waals surface area contributed by atoms with E-state index >= 15 is 0 Å². The van der Waals surface area contributed by atoms with E-state index in [-0.39, 0.29) is 0 Å². The molecule has 2 aromatic carbocycles. The van der Waals surface area contributed by atoms with Crippen LogP contribution in [0.2, 0.25) is 0 Å². The van der Waals surface area contributed by atoms with Gasteiger partial charge in [-0.3, -0.25) is 0 Å². The van der Waals surface area contributed by atoms with Crippen LogP contribution in [0.15, 0.2) is 53.9 Å². The van der Waals surface area contributed by atoms with Crippen LogP contribution in [0.1, 0.15) is 0 Å². The first-order valence-electron chi connectivity index (χ1n) is 4.88. The van der Waals surface area contributed by atoms with Gasteiger partial charge in [-0.2, -0.15) is 0 Å². The molecule has 1 aromatic heterocycles. The van der Waals surface area contributed by atoms with E-state index in [1.165, 1.54) is 21.2 Å². The molecule has 1 radical (unpaired) electrons. The van der Waals surface area contributed by atoms with E-state index in [0.717, 1.165) is 0 Å². The minimum atomic E-state index is 1.23. The summed E-state index contributed by atoms with van der Waals surface area (Å²) >= 11 is 1.78. The molecule has 0 fully saturated rings. The second-order valence-electron chi connectivity index (χ2n) is 3.42. The zero-order chi connectivity index (χ0) is 10.1. The minimum Gasteiger partial charge on any atom is -0.143 e. The van der Waals surface area contributed by atoms with Gasteiger partial charge in [0.1, 0.15) is 0 Å². The number of hydrogen-bond acceptors (Lipinski definition) is 1. The maximum Gasteiger partial charge on any atom is 0.0355 e. The molecule has 71 valence electrons. The largest absolute Gasteiger partial charge is 0.143 e. The van der Waals surface area contributed by atoms with Gasteiger partial charge >= 0.3 is 0 Å². The Hall–Kier alpha value is -1.60. The third kappa shape index (κ3) is 1.45. The molecule has 1 heteroatoms. The smallest absolute Gasteiger partial charge is 0.0355 e. The van der Waals surface area contributed by atoms with Gasteiger partial charge in [-0.1, -0.05) is 42.5 Å². The van der Waals surface area contributed by atoms with E-state index in [9.17, 15) is 0 Å². The van der Waals surface area contributed by atoms with Crippen molar-refractivity contribution in [1.29, 1.82) is 0 Å². The summed E-state index contributed by atoms with van der Waals surface area (Å²) in [7, 11) is 0. The normalized spacial score (nSPS) is 10.7. The molecule has 0 nitrogen and oxygen atoms in total. The Balaban J connectivity index is 2.28. The fraction of sp³-hybridized carbons (Fsp3) is 0. The Labute approximate surface area is 92.8 Å². The standard InChI is InChI=1S/C14H9S/c1-2-6-11(7-3-1)13-10-15-14-9-5-4-8-12(13)14/h1-7,9-10H. The Morgan fingerprint density at radius 3 is 2.67 bits per heavy atom. The molecule has 0 amide bonds. The number of fused-ring (bicyclic) bond motifs is 1. The predicted octanol–water partition coefficient (Wildman–Crippen LogP) is 4.37. The van der Waals surface area contributed by atoms with Crippen molar-refractivity contribution in [3.8, 4) is 11.1 Å². The van der Waals surface area contributed by atoms with Gasteiger partial charge in [0.15, 0.2) is 0 Å². The third-order valence-electron chi connectivity index (χ3n) is 2.48. The number of hydrogen-bond donors (Lipinski definition) is 0. The van der Waals surface area contributed by atoms with Gasteiger partial charge in [-0.05, 0) is 23.1 Å². The Kier molecular flexibility index (Phi) is 2.04. The molecule has 0 aliphatic rings. The van der Waals surface area contributed by atoms with Crippen LogP contribution in [0.3, 0.4) is 0 Å². The van der Waals surface area contributed by atoms with Crippen LogP contribution in [0.5, 0.6) is 0 Å². The van der Waals surface area contributed by atoms with Crippen LogP contribution >= 0.6 is 11.3 Å². The van der Waals surface area contributed by atoms with Gasteiger partial charge in [0, 0.05) is 15.6 Å². The van der Waals surface area contributed by atoms with Crippen molar-refractivity contribution >= 4 is 21.4 Å². The summed E-state index contributed by atoms with van der Waals surface area (Å²) in [6.45, 7) is 0. The SMILES string of the molecule is [c]1cccc2scc(-c3ccccc3)c12. The summed E-state index contributed by atoms with van der Waals surface area (Å²) in [5.41, 5.74) is 2.56. The second-order valence-corrected chi connectivity index (χ2v) is 4.34. The number of thiophene rings is 1. The van der Waals surface area contributed by atoms with Crippen molar-refractivity contribution in [2.24, 2.45) is 0 Å². The highest BCUT2D eigenvalue weighted by molar-refractivity contribution is 7.17. The van der Waals surface area contributed by atoms with Crippen molar-refractivity contribution in [2.75, 3.05) is 0 Å². The minimum absolute atomic E-state index is 1.23. The molecule has 0 aliphatic heterocycles. The molecule has 3 aromatic rings. The summed E-state index contributed by atoms with van der Waals surface area (Å²) in [6, 6.07) is 19.9. The fourth-order valence-electron chi connectivity index (χ4n) is 1.74. The summed E-state index contributed by atoms with van der Waals surface area (Å²) < 4.78 is 1.30. The van der Waals surface area contributed by atoms with E-state index in [2.05, 4.69) is 41.8 Å². The van der Waals surface area contributed by atoms with E-state index in [1.807, 2.05) is 18.2 Å². The highest BCUT2D eigenvalue weighted by Crippen LogP contribution is 2.32. The van der Waals surface area contributed by atoms with Crippen molar-refractivity contribution in [2.45, 2.75) is 0 Å². The molecule has 0 atom stereocenters. The molecular formula is C14H9S. The van der Waals surface area contributed by atoms with E-state index < -0.39 is 0 Å². The zero-order valence-corrected chi connectivity index (χ0v) is 8.92. The molecule has 15 heavy (non-hydrogen) atoms. The average molecular weight is 209 g/mol. The van der Waals surface area contributed by atoms with Crippen LogP contribution in [0, 0.1) is 6.07 Å². The fourth-order valence-corrected chi connectivity index (χ4v) is 2.68. The molecule has 0 saturated heterocycles. The first-order valence-corrected chi connectivity index (χ1v) is 5.76. The number of benzene rings is 2. The van der Waals surface area contributed by atoms with Crippen LogP contribution < -0.4 is 0 Å². The predicted molar refractivity (Wildman–Crippen MR) is 66.1 cm³/mol. The lowest BCUT2D eigenvalue weighted by Crippen LogP contribution is -1.73. The molecule has 3 rings (SSSR count). The average Bonchev–Trinajstić information content (AvgIpc) is 2.74. The quantitative estimate of drug-likeness (QED) is 0.558. The summed E-state index contributed by atoms with van der Waals surface area (Å²) in [5, 5.41) is 3.44. The Morgan fingerprint density at radius 2 is 1.80 bits per heavy atom. The third-order valence-corrected chi connectivity index (χ3v) is 3.42. The van der Waals surface area contributed by atoms with Gasteiger partial charge in [-0.25, -0.2) is 0 Å². The highest BCUT2D eigenvalue weighted by atomic mass is 32.1. The lowest BCUT2D eigenvalue weighted by molar-refractivity contribution is 1.69. The first kappa shape index (κ1) is 8.69. The molecular weight excluding hydrogens is 200 g/mol. The van der Waals surface area contributed by atoms with Crippen LogP contribution in [0.25, 0.3) is 21.2 Å². The molecule has 0 unspecified atom stereocenters. The summed E-state index contributed by atoms with van der Waals surface area (Å²) in [6.07, 6.45) is 0. The van der Waals surface area contributed by atoms with Gasteiger partial charge in [0.25, 0.3) is 0 Å². The van der Waals surface area contributed by atoms with Gasteiger partial charge in [-0.15, -0.1) is 11.3 Å². The molecule has 0 bridgehead atoms. The van der Waals surface area contributed by atoms with Gasteiger partial charge < -0.3 is 0 Å². The monoisotopic (exact) mass is 209 g/mol. The number of rotatable bonds is 1. The Bertz CT molecular complexity index is 578. The van der Waals surface area contributed by atoms with Crippen molar-refractivity contribution < 1.29 is 0 Å². The van der Waals surface area contributed by atoms with Crippen LogP contribution in [-0.4, -0.2) is 0 Å². The Morgan fingerprint density at radius 1 is 0.933 bits per heavy atom. The molecule has 0 spiro atoms. The molecule has 1 heterocycles. The molecule has 0 saturated carbocycles. The topological polar surface area (TPSA) is 0 Å². The van der Waals surface area contributed by atoms with Crippen LogP contribution in [0.4, 0.5) is 0 Å². The van der Waals surface area contributed by atoms with Crippen molar-refractivity contribution in [3.63, 3.8) is 0 Å². The molecule has 0 aliphatic carbocycles. The van der Waals surface area contributed by atoms with E-state index in [0.29, 0.717) is 0 Å². The zero-order valence-electron chi connectivity index (χ0n) is 8.10. The van der Waals surface area contributed by atoms with Crippen molar-refractivity contribution in [3.05, 3.63) is 60.0 Å². The highest BCUT2D eigenvalue weighted by Gasteiger charge is 2.04. The second kappa shape index (κ2) is 3.52. The first-order chi connectivity index (χ1) is 7.45. The lowest BCUT2D eigenvalue weighted by Gasteiger charge is -1.97. The van der Waals surface area contributed by atoms with Gasteiger partial charge in [0.05, 0.1) is 0 Å². The van der Waals surface area contributed by atoms with Crippen LogP contribution in [-0.2, 0) is 0 Å². The summed E-state index contributed by atoms with van der Waals surface area (Å²) in [4.78, 5) is 0. The maximum absolute atomic E-state index is 3.31. The van der Waals surface area contributed by atoms with Gasteiger partial charge in [0.2, 0.25) is 0 Å². The lowest BCUT2D eigenvalue weighted by atomic mass is 10.1. The van der Waals surface area contributed by atoms with E-state index in [1.54, 1.807) is 11.3 Å². The van der Waals surface area contributed by atoms with E-state index in [4.69, 9.17) is 0 Å². The summed E-state index contributed by atoms with van der Waals surface area (Å²) in [5.74, 6) is 0.